The molecule has 0 bridgehead atoms. The number of rotatable bonds is 8. The summed E-state index contributed by atoms with van der Waals surface area (Å²) in [6, 6.07) is 7.39. The largest absolute Gasteiger partial charge is 0.491 e. The fourth-order valence-corrected chi connectivity index (χ4v) is 3.68. The van der Waals surface area contributed by atoms with Gasteiger partial charge in [-0.2, -0.15) is 0 Å². The van der Waals surface area contributed by atoms with Crippen LogP contribution >= 0.6 is 11.8 Å². The van der Waals surface area contributed by atoms with Gasteiger partial charge in [0.05, 0.1) is 12.3 Å². The van der Waals surface area contributed by atoms with Gasteiger partial charge in [0.2, 0.25) is 5.91 Å². The molecule has 1 aromatic carbocycles. The Labute approximate surface area is 175 Å². The predicted molar refractivity (Wildman–Crippen MR) is 113 cm³/mol. The third-order valence-electron chi connectivity index (χ3n) is 4.51. The molecule has 0 radical (unpaired) electrons. The second kappa shape index (κ2) is 8.76. The first-order valence-corrected chi connectivity index (χ1v) is 10.1. The Kier molecular flexibility index (Phi) is 6.32. The molecule has 3 rings (SSSR count). The third kappa shape index (κ3) is 4.41. The molecule has 1 unspecified atom stereocenters. The summed E-state index contributed by atoms with van der Waals surface area (Å²) in [4.78, 5) is 40.5. The lowest BCUT2D eigenvalue weighted by atomic mass is 10.2. The van der Waals surface area contributed by atoms with Gasteiger partial charge in [0.25, 0.3) is 5.56 Å². The zero-order chi connectivity index (χ0) is 22.0. The van der Waals surface area contributed by atoms with Crippen LogP contribution in [0.5, 0.6) is 5.75 Å². The number of aliphatic hydroxyl groups is 1. The molecule has 10 nitrogen and oxygen atoms in total. The zero-order valence-corrected chi connectivity index (χ0v) is 17.7. The highest BCUT2D eigenvalue weighted by molar-refractivity contribution is 7.99. The highest BCUT2D eigenvalue weighted by Gasteiger charge is 2.22. The molecular weight excluding hydrogens is 410 g/mol. The van der Waals surface area contributed by atoms with Crippen LogP contribution in [0, 0.1) is 6.92 Å². The van der Waals surface area contributed by atoms with E-state index in [9.17, 15) is 19.5 Å². The molecule has 0 saturated heterocycles. The molecule has 1 amide bonds. The molecule has 1 atom stereocenters. The van der Waals surface area contributed by atoms with Gasteiger partial charge in [0.15, 0.2) is 16.3 Å². The van der Waals surface area contributed by atoms with E-state index < -0.39 is 23.3 Å². The Bertz CT molecular complexity index is 1200. The average molecular weight is 433 g/mol. The van der Waals surface area contributed by atoms with E-state index >= 15 is 0 Å². The first-order valence-electron chi connectivity index (χ1n) is 9.14. The van der Waals surface area contributed by atoms with Gasteiger partial charge in [-0.1, -0.05) is 29.5 Å². The summed E-state index contributed by atoms with van der Waals surface area (Å²) in [5.41, 5.74) is 5.57. The maximum absolute atomic E-state index is 12.7. The quantitative estimate of drug-likeness (QED) is 0.468. The average Bonchev–Trinajstić information content (AvgIpc) is 3.07. The van der Waals surface area contributed by atoms with Crippen molar-refractivity contribution in [2.75, 3.05) is 12.4 Å². The van der Waals surface area contributed by atoms with E-state index in [0.717, 1.165) is 21.9 Å². The first kappa shape index (κ1) is 21.7. The van der Waals surface area contributed by atoms with Gasteiger partial charge in [-0.05, 0) is 19.1 Å². The molecule has 0 aliphatic carbocycles. The molecule has 160 valence electrons. The number of carbonyl (C=O) groups is 1. The van der Waals surface area contributed by atoms with E-state index in [-0.39, 0.29) is 30.1 Å². The van der Waals surface area contributed by atoms with Crippen molar-refractivity contribution in [1.82, 2.24) is 18.7 Å². The van der Waals surface area contributed by atoms with Crippen LogP contribution in [0.25, 0.3) is 11.2 Å². The summed E-state index contributed by atoms with van der Waals surface area (Å²) >= 11 is 1.03. The van der Waals surface area contributed by atoms with Crippen molar-refractivity contribution in [3.8, 4) is 5.75 Å². The van der Waals surface area contributed by atoms with Gasteiger partial charge in [-0.3, -0.25) is 18.7 Å². The molecule has 30 heavy (non-hydrogen) atoms. The molecule has 0 aliphatic rings. The number of carbonyl (C=O) groups excluding carboxylic acids is 1. The Hall–Kier alpha value is -3.05. The Balaban J connectivity index is 1.94. The van der Waals surface area contributed by atoms with Crippen molar-refractivity contribution in [1.29, 1.82) is 0 Å². The molecule has 0 aliphatic heterocycles. The third-order valence-corrected chi connectivity index (χ3v) is 5.51. The minimum absolute atomic E-state index is 0.0170. The van der Waals surface area contributed by atoms with Gasteiger partial charge >= 0.3 is 5.69 Å². The van der Waals surface area contributed by atoms with Crippen LogP contribution in [-0.2, 0) is 25.4 Å². The van der Waals surface area contributed by atoms with E-state index in [1.165, 1.54) is 23.2 Å². The van der Waals surface area contributed by atoms with E-state index in [2.05, 4.69) is 4.98 Å². The van der Waals surface area contributed by atoms with Crippen molar-refractivity contribution in [2.24, 2.45) is 19.8 Å². The molecule has 0 saturated carbocycles. The van der Waals surface area contributed by atoms with Crippen LogP contribution in [0.3, 0.4) is 0 Å². The second-order valence-corrected chi connectivity index (χ2v) is 7.86. The molecule has 2 aromatic heterocycles. The van der Waals surface area contributed by atoms with Crippen LogP contribution in [0.2, 0.25) is 0 Å². The van der Waals surface area contributed by atoms with E-state index in [1.807, 2.05) is 19.1 Å². The van der Waals surface area contributed by atoms with Crippen molar-refractivity contribution in [3.05, 3.63) is 50.7 Å². The van der Waals surface area contributed by atoms with Crippen LogP contribution < -0.4 is 21.7 Å². The van der Waals surface area contributed by atoms with Crippen molar-refractivity contribution >= 4 is 28.8 Å². The number of hydrogen-bond acceptors (Lipinski definition) is 7. The Morgan fingerprint density at radius 1 is 1.23 bits per heavy atom. The number of nitrogens with zero attached hydrogens (tertiary/aromatic N) is 4. The number of benzene rings is 1. The fourth-order valence-electron chi connectivity index (χ4n) is 2.93. The summed E-state index contributed by atoms with van der Waals surface area (Å²) in [6.07, 6.45) is -0.974. The number of imidazole rings is 1. The van der Waals surface area contributed by atoms with Crippen molar-refractivity contribution < 1.29 is 14.6 Å². The molecule has 3 aromatic rings. The van der Waals surface area contributed by atoms with Gasteiger partial charge in [0, 0.05) is 14.1 Å². The van der Waals surface area contributed by atoms with Gasteiger partial charge in [-0.15, -0.1) is 0 Å². The lowest BCUT2D eigenvalue weighted by Gasteiger charge is -2.15. The first-order chi connectivity index (χ1) is 14.2. The molecule has 3 N–H and O–H groups in total. The number of ether oxygens (including phenoxy) is 1. The van der Waals surface area contributed by atoms with Gasteiger partial charge in [-0.25, -0.2) is 9.78 Å². The number of aryl methyl sites for hydroxylation is 2. The number of aromatic nitrogens is 4. The van der Waals surface area contributed by atoms with Crippen LogP contribution in [0.4, 0.5) is 0 Å². The molecule has 0 spiro atoms. The summed E-state index contributed by atoms with van der Waals surface area (Å²) in [5.74, 6) is -0.00601. The van der Waals surface area contributed by atoms with Gasteiger partial charge < -0.3 is 20.1 Å². The topological polar surface area (TPSA) is 134 Å². The lowest BCUT2D eigenvalue weighted by molar-refractivity contribution is -0.115. The summed E-state index contributed by atoms with van der Waals surface area (Å²) in [5, 5.41) is 10.8. The van der Waals surface area contributed by atoms with E-state index in [0.29, 0.717) is 10.9 Å². The van der Waals surface area contributed by atoms with E-state index in [1.54, 1.807) is 12.1 Å². The van der Waals surface area contributed by atoms with E-state index in [4.69, 9.17) is 10.5 Å². The number of primary amides is 1. The van der Waals surface area contributed by atoms with Crippen LogP contribution in [-0.4, -0.2) is 48.2 Å². The van der Waals surface area contributed by atoms with Crippen LogP contribution in [0.1, 0.15) is 5.56 Å². The number of fused-ring (bicyclic) bond motifs is 1. The highest BCUT2D eigenvalue weighted by atomic mass is 32.2. The monoisotopic (exact) mass is 433 g/mol. The predicted octanol–water partition coefficient (Wildman–Crippen LogP) is -0.241. The molecular formula is C19H23N5O5S. The number of aliphatic hydroxyl groups excluding tert-OH is 1. The fraction of sp³-hybridized carbons (Fsp3) is 0.368. The van der Waals surface area contributed by atoms with Crippen molar-refractivity contribution in [3.63, 3.8) is 0 Å². The Morgan fingerprint density at radius 2 is 1.90 bits per heavy atom. The normalized spacial score (nSPS) is 12.3. The Morgan fingerprint density at radius 3 is 2.53 bits per heavy atom. The molecule has 0 fully saturated rings. The minimum Gasteiger partial charge on any atom is -0.491 e. The summed E-state index contributed by atoms with van der Waals surface area (Å²) < 4.78 is 9.33. The van der Waals surface area contributed by atoms with Crippen molar-refractivity contribution in [2.45, 2.75) is 24.7 Å². The number of thioether (sulfide) groups is 1. The molecule has 2 heterocycles. The number of hydrogen-bond donors (Lipinski definition) is 2. The standard InChI is InChI=1S/C19H23N5O5S/c1-11-4-6-13(7-5-11)29-9-12(25)8-24-15-16(21-18(24)30-10-14(20)26)22(2)19(28)23(3)17(15)27/h4-7,12,25H,8-10H2,1-3H3,(H2,20,26). The maximum Gasteiger partial charge on any atom is 0.332 e. The smallest absolute Gasteiger partial charge is 0.332 e. The van der Waals surface area contributed by atoms with Crippen LogP contribution in [0.15, 0.2) is 39.0 Å². The minimum atomic E-state index is -0.974. The summed E-state index contributed by atoms with van der Waals surface area (Å²) in [6.45, 7) is 1.92. The SMILES string of the molecule is Cc1ccc(OCC(O)Cn2c(SCC(N)=O)nc3c2c(=O)n(C)c(=O)n3C)cc1. The molecule has 11 heteroatoms. The highest BCUT2D eigenvalue weighted by Crippen LogP contribution is 2.22. The summed E-state index contributed by atoms with van der Waals surface area (Å²) in [7, 11) is 2.87. The van der Waals surface area contributed by atoms with Gasteiger partial charge in [0.1, 0.15) is 18.5 Å². The lowest BCUT2D eigenvalue weighted by Crippen LogP contribution is -2.38. The number of nitrogens with two attached hydrogens (primary N) is 1. The second-order valence-electron chi connectivity index (χ2n) is 6.92. The number of amides is 1. The zero-order valence-electron chi connectivity index (χ0n) is 16.9. The maximum atomic E-state index is 12.7.